The van der Waals surface area contributed by atoms with Crippen molar-refractivity contribution in [2.75, 3.05) is 19.7 Å². The summed E-state index contributed by atoms with van der Waals surface area (Å²) in [6.45, 7) is 6.68. The number of carbonyl (C=O) groups excluding carboxylic acids is 1. The van der Waals surface area contributed by atoms with Crippen molar-refractivity contribution in [1.82, 2.24) is 14.5 Å². The number of benzene rings is 2. The van der Waals surface area contributed by atoms with E-state index < -0.39 is 39.7 Å². The number of likely N-dealkylation sites (tertiary alicyclic amines) is 1. The van der Waals surface area contributed by atoms with Gasteiger partial charge in [-0.25, -0.2) is 18.6 Å². The van der Waals surface area contributed by atoms with Crippen molar-refractivity contribution < 1.29 is 27.8 Å². The molecule has 3 aromatic rings. The molecule has 12 heteroatoms. The highest BCUT2D eigenvalue weighted by atomic mass is 35.5. The molecule has 2 saturated heterocycles. The fraction of sp³-hybridized carbons (Fsp3) is 0.429. The number of rotatable bonds is 3. The van der Waals surface area contributed by atoms with Crippen molar-refractivity contribution >= 4 is 28.6 Å². The quantitative estimate of drug-likeness (QED) is 0.395. The molecule has 1 aromatic heterocycles. The lowest BCUT2D eigenvalue weighted by atomic mass is 9.87. The Labute approximate surface area is 233 Å². The highest BCUT2D eigenvalue weighted by molar-refractivity contribution is 6.36. The van der Waals surface area contributed by atoms with Gasteiger partial charge in [-0.2, -0.15) is 5.26 Å². The van der Waals surface area contributed by atoms with Gasteiger partial charge in [-0.05, 0) is 64.3 Å². The molecule has 2 aromatic carbocycles. The van der Waals surface area contributed by atoms with Gasteiger partial charge in [0.15, 0.2) is 11.6 Å². The van der Waals surface area contributed by atoms with E-state index in [1.165, 1.54) is 23.0 Å². The summed E-state index contributed by atoms with van der Waals surface area (Å²) in [5, 5.41) is 9.16. The van der Waals surface area contributed by atoms with Gasteiger partial charge in [-0.15, -0.1) is 0 Å². The summed E-state index contributed by atoms with van der Waals surface area (Å²) in [5.74, 6) is -2.66. The minimum absolute atomic E-state index is 0.0395. The minimum Gasteiger partial charge on any atom is -0.451 e. The van der Waals surface area contributed by atoms with Gasteiger partial charge in [0.1, 0.15) is 28.8 Å². The number of carbonyl (C=O) groups is 1. The van der Waals surface area contributed by atoms with Gasteiger partial charge < -0.3 is 19.1 Å². The van der Waals surface area contributed by atoms with Gasteiger partial charge >= 0.3 is 6.09 Å². The average Bonchev–Trinajstić information content (AvgIpc) is 3.30. The van der Waals surface area contributed by atoms with Gasteiger partial charge in [-0.3, -0.25) is 9.36 Å². The van der Waals surface area contributed by atoms with Crippen molar-refractivity contribution in [2.24, 2.45) is 0 Å². The van der Waals surface area contributed by atoms with Crippen molar-refractivity contribution in [1.29, 1.82) is 5.26 Å². The first-order valence-electron chi connectivity index (χ1n) is 12.8. The van der Waals surface area contributed by atoms with Gasteiger partial charge in [0, 0.05) is 13.1 Å². The molecule has 2 aliphatic rings. The second-order valence-corrected chi connectivity index (χ2v) is 11.4. The van der Waals surface area contributed by atoms with E-state index in [1.54, 1.807) is 11.0 Å². The third-order valence-electron chi connectivity index (χ3n) is 7.15. The van der Waals surface area contributed by atoms with E-state index in [2.05, 4.69) is 4.98 Å². The Morgan fingerprint density at radius 1 is 1.20 bits per heavy atom. The summed E-state index contributed by atoms with van der Waals surface area (Å²) >= 11 is 6.54. The predicted molar refractivity (Wildman–Crippen MR) is 142 cm³/mol. The zero-order valence-corrected chi connectivity index (χ0v) is 22.9. The van der Waals surface area contributed by atoms with Crippen LogP contribution < -0.4 is 10.3 Å². The fourth-order valence-electron chi connectivity index (χ4n) is 5.12. The Morgan fingerprint density at radius 2 is 1.90 bits per heavy atom. The second-order valence-electron chi connectivity index (χ2n) is 11.0. The molecule has 1 atom stereocenters. The maximum absolute atomic E-state index is 14.4. The molecule has 0 saturated carbocycles. The van der Waals surface area contributed by atoms with Gasteiger partial charge in [0.05, 0.1) is 40.5 Å². The Morgan fingerprint density at radius 3 is 2.58 bits per heavy atom. The number of piperidine rings is 1. The molecule has 2 aliphatic heterocycles. The third-order valence-corrected chi connectivity index (χ3v) is 7.52. The Hall–Kier alpha value is -3.75. The lowest BCUT2D eigenvalue weighted by Crippen LogP contribution is -2.48. The molecule has 40 heavy (non-hydrogen) atoms. The van der Waals surface area contributed by atoms with Gasteiger partial charge in [0.25, 0.3) is 5.56 Å². The van der Waals surface area contributed by atoms with Crippen molar-refractivity contribution in [3.8, 4) is 17.6 Å². The number of nitriles is 1. The van der Waals surface area contributed by atoms with Crippen molar-refractivity contribution in [2.45, 2.75) is 57.3 Å². The van der Waals surface area contributed by atoms with Crippen molar-refractivity contribution in [3.63, 3.8) is 0 Å². The first-order chi connectivity index (χ1) is 18.9. The van der Waals surface area contributed by atoms with Crippen LogP contribution in [0.4, 0.5) is 13.6 Å². The molecule has 3 heterocycles. The zero-order chi connectivity index (χ0) is 28.8. The highest BCUT2D eigenvalue weighted by Gasteiger charge is 2.45. The van der Waals surface area contributed by atoms with Gasteiger partial charge in [0.2, 0.25) is 0 Å². The smallest absolute Gasteiger partial charge is 0.410 e. The summed E-state index contributed by atoms with van der Waals surface area (Å²) in [5.41, 5.74) is -1.85. The van der Waals surface area contributed by atoms with Crippen LogP contribution in [0.5, 0.6) is 11.5 Å². The lowest BCUT2D eigenvalue weighted by Gasteiger charge is -2.39. The monoisotopic (exact) mass is 572 g/mol. The van der Waals surface area contributed by atoms with Crippen molar-refractivity contribution in [3.05, 3.63) is 63.2 Å². The number of fused-ring (bicyclic) bond motifs is 1. The van der Waals surface area contributed by atoms with Crippen LogP contribution in [0.25, 0.3) is 10.9 Å². The molecular weight excluding hydrogens is 546 g/mol. The van der Waals surface area contributed by atoms with E-state index in [-0.39, 0.29) is 40.4 Å². The van der Waals surface area contributed by atoms with E-state index in [9.17, 15) is 23.6 Å². The molecule has 0 N–H and O–H groups in total. The topological polar surface area (TPSA) is 107 Å². The number of halogens is 3. The Balaban J connectivity index is 1.38. The molecule has 1 unspecified atom stereocenters. The first kappa shape index (κ1) is 27.8. The summed E-state index contributed by atoms with van der Waals surface area (Å²) < 4.78 is 47.1. The van der Waals surface area contributed by atoms with E-state index >= 15 is 0 Å². The molecule has 1 spiro atoms. The molecule has 1 amide bonds. The summed E-state index contributed by atoms with van der Waals surface area (Å²) in [7, 11) is 0. The molecule has 2 fully saturated rings. The van der Waals surface area contributed by atoms with Crippen LogP contribution in [0, 0.1) is 23.0 Å². The largest absolute Gasteiger partial charge is 0.451 e. The predicted octanol–water partition coefficient (Wildman–Crippen LogP) is 5.72. The van der Waals surface area contributed by atoms with E-state index in [4.69, 9.17) is 25.8 Å². The minimum atomic E-state index is -0.955. The highest BCUT2D eigenvalue weighted by Crippen LogP contribution is 2.41. The molecule has 9 nitrogen and oxygen atoms in total. The summed E-state index contributed by atoms with van der Waals surface area (Å²) in [6, 6.07) is 5.76. The van der Waals surface area contributed by atoms with E-state index in [0.29, 0.717) is 32.4 Å². The fourth-order valence-corrected chi connectivity index (χ4v) is 5.40. The standard InChI is InChI=1S/C28H27ClF2N4O5/c1-27(2,3)40-26(37)34-10-8-28(9-11-34)12-16(14-38-28)35-15-33-20-6-7-21(23(29)22(20)25(35)36)39-24-17(13-32)18(30)4-5-19(24)31/h4-7,15-16H,8-12,14H2,1-3H3. The van der Waals surface area contributed by atoms with Gasteiger partial charge in [-0.1, -0.05) is 11.6 Å². The van der Waals surface area contributed by atoms with E-state index in [0.717, 1.165) is 12.1 Å². The average molecular weight is 573 g/mol. The number of hydrogen-bond acceptors (Lipinski definition) is 7. The van der Waals surface area contributed by atoms with Crippen LogP contribution in [0.2, 0.25) is 5.02 Å². The second kappa shape index (κ2) is 10.3. The molecule has 0 bridgehead atoms. The van der Waals surface area contributed by atoms with Crippen LogP contribution in [-0.2, 0) is 9.47 Å². The molecule has 0 aliphatic carbocycles. The van der Waals surface area contributed by atoms with Crippen LogP contribution >= 0.6 is 11.6 Å². The zero-order valence-electron chi connectivity index (χ0n) is 22.2. The van der Waals surface area contributed by atoms with Crippen LogP contribution in [0.3, 0.4) is 0 Å². The summed E-state index contributed by atoms with van der Waals surface area (Å²) in [6.07, 6.45) is 2.80. The molecule has 210 valence electrons. The Kier molecular flexibility index (Phi) is 7.18. The lowest BCUT2D eigenvalue weighted by molar-refractivity contribution is -0.0486. The SMILES string of the molecule is CC(C)(C)OC(=O)N1CCC2(CC1)CC(n1cnc3ccc(Oc4c(F)ccc(F)c4C#N)c(Cl)c3c1=O)CO2. The first-order valence-corrected chi connectivity index (χ1v) is 13.2. The summed E-state index contributed by atoms with van der Waals surface area (Å²) in [4.78, 5) is 32.1. The number of aromatic nitrogens is 2. The van der Waals surface area contributed by atoms with Crippen LogP contribution in [0.1, 0.15) is 51.6 Å². The van der Waals surface area contributed by atoms with Crippen LogP contribution in [0.15, 0.2) is 35.4 Å². The normalized spacial score (nSPS) is 18.6. The Bertz CT molecular complexity index is 1590. The number of amides is 1. The molecular formula is C28H27ClF2N4O5. The maximum Gasteiger partial charge on any atom is 0.410 e. The number of hydrogen-bond donors (Lipinski definition) is 0. The third kappa shape index (κ3) is 5.21. The van der Waals surface area contributed by atoms with Crippen LogP contribution in [-0.4, -0.2) is 51.4 Å². The maximum atomic E-state index is 14.4. The number of ether oxygens (including phenoxy) is 3. The molecule has 0 radical (unpaired) electrons. The molecule has 5 rings (SSSR count). The number of nitrogens with zero attached hydrogens (tertiary/aromatic N) is 4. The van der Waals surface area contributed by atoms with E-state index in [1.807, 2.05) is 20.8 Å².